The third kappa shape index (κ3) is 6.37. The Kier molecular flexibility index (Phi) is 8.46. The number of hydrogen-bond acceptors (Lipinski definition) is 6. The largest absolute Gasteiger partial charge is 0.496 e. The molecule has 0 unspecified atom stereocenters. The molecule has 5 rings (SSSR count). The quantitative estimate of drug-likeness (QED) is 0.376. The molecule has 1 atom stereocenters. The van der Waals surface area contributed by atoms with Gasteiger partial charge in [0.15, 0.2) is 0 Å². The Morgan fingerprint density at radius 3 is 2.51 bits per heavy atom. The van der Waals surface area contributed by atoms with E-state index >= 15 is 4.39 Å². The number of likely N-dealkylation sites (tertiary alicyclic amines) is 1. The summed E-state index contributed by atoms with van der Waals surface area (Å²) >= 11 is 0. The number of nitrogens with one attached hydrogen (secondary N) is 2. The van der Waals surface area contributed by atoms with Gasteiger partial charge in [0, 0.05) is 37.4 Å². The molecule has 2 aromatic carbocycles. The van der Waals surface area contributed by atoms with Gasteiger partial charge in [-0.1, -0.05) is 12.1 Å². The molecule has 3 heterocycles. The SMILES string of the molecule is COc1ccccc1-c1ncc(C2(NC(=O)N[C@H]3CCN(C)C3)CCN(c3ccc(C(F)(F)F)cc3C#N)CC2)cc1F. The number of aromatic nitrogens is 1. The smallest absolute Gasteiger partial charge is 0.416 e. The number of piperidine rings is 1. The van der Waals surface area contributed by atoms with Gasteiger partial charge in [0.25, 0.3) is 0 Å². The number of carbonyl (C=O) groups is 1. The van der Waals surface area contributed by atoms with E-state index in [9.17, 15) is 23.2 Å². The molecule has 8 nitrogen and oxygen atoms in total. The zero-order valence-corrected chi connectivity index (χ0v) is 23.8. The van der Waals surface area contributed by atoms with Crippen LogP contribution in [0.2, 0.25) is 0 Å². The van der Waals surface area contributed by atoms with Crippen LogP contribution in [0.5, 0.6) is 5.75 Å². The summed E-state index contributed by atoms with van der Waals surface area (Å²) in [5.41, 5.74) is -0.569. The van der Waals surface area contributed by atoms with Crippen LogP contribution in [0.1, 0.15) is 36.0 Å². The van der Waals surface area contributed by atoms with Crippen molar-refractivity contribution in [2.24, 2.45) is 0 Å². The first-order chi connectivity index (χ1) is 20.5. The molecule has 43 heavy (non-hydrogen) atoms. The molecule has 2 N–H and O–H groups in total. The molecule has 2 saturated heterocycles. The maximum Gasteiger partial charge on any atom is 0.416 e. The van der Waals surface area contributed by atoms with Crippen molar-refractivity contribution in [1.29, 1.82) is 5.26 Å². The number of para-hydroxylation sites is 1. The molecule has 2 aliphatic rings. The van der Waals surface area contributed by atoms with Crippen molar-refractivity contribution in [3.05, 3.63) is 77.2 Å². The van der Waals surface area contributed by atoms with Crippen molar-refractivity contribution in [1.82, 2.24) is 20.5 Å². The summed E-state index contributed by atoms with van der Waals surface area (Å²) in [6.07, 6.45) is -1.63. The van der Waals surface area contributed by atoms with Crippen LogP contribution in [-0.2, 0) is 11.7 Å². The fourth-order valence-corrected chi connectivity index (χ4v) is 5.92. The van der Waals surface area contributed by atoms with Crippen molar-refractivity contribution in [3.63, 3.8) is 0 Å². The van der Waals surface area contributed by atoms with Crippen LogP contribution in [0.4, 0.5) is 28.0 Å². The van der Waals surface area contributed by atoms with E-state index in [4.69, 9.17) is 4.74 Å². The van der Waals surface area contributed by atoms with Gasteiger partial charge in [-0.15, -0.1) is 0 Å². The molecule has 2 aliphatic heterocycles. The first-order valence-corrected chi connectivity index (χ1v) is 14.0. The minimum Gasteiger partial charge on any atom is -0.496 e. The summed E-state index contributed by atoms with van der Waals surface area (Å²) in [5, 5.41) is 15.7. The van der Waals surface area contributed by atoms with E-state index in [0.29, 0.717) is 55.0 Å². The number of alkyl halides is 3. The number of nitrogens with zero attached hydrogens (tertiary/aromatic N) is 4. The van der Waals surface area contributed by atoms with E-state index in [0.717, 1.165) is 25.1 Å². The highest BCUT2D eigenvalue weighted by atomic mass is 19.4. The second kappa shape index (κ2) is 12.1. The van der Waals surface area contributed by atoms with Gasteiger partial charge in [-0.2, -0.15) is 18.4 Å². The van der Waals surface area contributed by atoms with E-state index in [-0.39, 0.29) is 17.3 Å². The van der Waals surface area contributed by atoms with Gasteiger partial charge in [-0.25, -0.2) is 9.18 Å². The number of amides is 2. The average molecular weight is 597 g/mol. The lowest BCUT2D eigenvalue weighted by atomic mass is 9.81. The monoisotopic (exact) mass is 596 g/mol. The highest BCUT2D eigenvalue weighted by Gasteiger charge is 2.40. The van der Waals surface area contributed by atoms with Crippen LogP contribution in [0.3, 0.4) is 0 Å². The van der Waals surface area contributed by atoms with Gasteiger partial charge in [0.2, 0.25) is 0 Å². The molecule has 1 aromatic heterocycles. The van der Waals surface area contributed by atoms with Crippen molar-refractivity contribution >= 4 is 11.7 Å². The number of carbonyl (C=O) groups excluding carboxylic acids is 1. The van der Waals surface area contributed by atoms with Crippen molar-refractivity contribution in [2.45, 2.75) is 37.0 Å². The molecule has 0 bridgehead atoms. The Morgan fingerprint density at radius 1 is 1.14 bits per heavy atom. The predicted octanol–water partition coefficient (Wildman–Crippen LogP) is 5.29. The lowest BCUT2D eigenvalue weighted by Crippen LogP contribution is -2.57. The summed E-state index contributed by atoms with van der Waals surface area (Å²) in [6.45, 7) is 2.16. The molecule has 0 radical (unpaired) electrons. The van der Waals surface area contributed by atoms with E-state index in [2.05, 4.69) is 20.5 Å². The van der Waals surface area contributed by atoms with Gasteiger partial charge in [0.05, 0.1) is 29.5 Å². The molecular weight excluding hydrogens is 564 g/mol. The molecule has 0 spiro atoms. The summed E-state index contributed by atoms with van der Waals surface area (Å²) in [6, 6.07) is 12.9. The molecule has 3 aromatic rings. The predicted molar refractivity (Wildman–Crippen MR) is 153 cm³/mol. The summed E-state index contributed by atoms with van der Waals surface area (Å²) in [4.78, 5) is 21.6. The maximum atomic E-state index is 15.7. The van der Waals surface area contributed by atoms with Crippen LogP contribution < -0.4 is 20.3 Å². The van der Waals surface area contributed by atoms with Gasteiger partial charge in [-0.05, 0) is 74.8 Å². The topological polar surface area (TPSA) is 93.5 Å². The van der Waals surface area contributed by atoms with E-state index < -0.39 is 29.1 Å². The number of anilines is 1. The number of rotatable bonds is 6. The number of halogens is 4. The number of nitriles is 1. The second-order valence-electron chi connectivity index (χ2n) is 11.0. The fraction of sp³-hybridized carbons (Fsp3) is 0.387. The standard InChI is InChI=1S/C31H32F4N6O2/c1-40-12-9-23(19-40)38-29(42)39-30(22-16-25(32)28(37-18-22)24-5-3-4-6-27(24)43-2)10-13-41(14-11-30)26-8-7-21(31(33,34)35)15-20(26)17-36/h3-8,15-16,18,23H,9-14,19H2,1-2H3,(H2,38,39,42)/t23-/m0/s1. The van der Waals surface area contributed by atoms with Gasteiger partial charge < -0.3 is 25.2 Å². The number of hydrogen-bond donors (Lipinski definition) is 2. The van der Waals surface area contributed by atoms with Crippen LogP contribution in [0.15, 0.2) is 54.7 Å². The Morgan fingerprint density at radius 2 is 1.88 bits per heavy atom. The minimum absolute atomic E-state index is 0.0322. The van der Waals surface area contributed by atoms with Gasteiger partial charge in [0.1, 0.15) is 23.3 Å². The Balaban J connectivity index is 1.44. The van der Waals surface area contributed by atoms with E-state index in [1.807, 2.05) is 18.0 Å². The molecular formula is C31H32F4N6O2. The van der Waals surface area contributed by atoms with Crippen molar-refractivity contribution < 1.29 is 27.1 Å². The molecule has 2 fully saturated rings. The zero-order valence-electron chi connectivity index (χ0n) is 23.8. The van der Waals surface area contributed by atoms with Gasteiger partial charge in [-0.3, -0.25) is 4.98 Å². The number of methoxy groups -OCH3 is 1. The number of urea groups is 1. The summed E-state index contributed by atoms with van der Waals surface area (Å²) < 4.78 is 60.8. The number of pyridine rings is 1. The normalized spacial score (nSPS) is 18.6. The third-order valence-electron chi connectivity index (χ3n) is 8.24. The van der Waals surface area contributed by atoms with Crippen LogP contribution >= 0.6 is 0 Å². The van der Waals surface area contributed by atoms with Crippen LogP contribution in [-0.4, -0.2) is 62.3 Å². The first kappa shape index (κ1) is 30.1. The lowest BCUT2D eigenvalue weighted by Gasteiger charge is -2.43. The van der Waals surface area contributed by atoms with E-state index in [1.165, 1.54) is 19.2 Å². The highest BCUT2D eigenvalue weighted by Crippen LogP contribution is 2.39. The zero-order chi connectivity index (χ0) is 30.8. The Hall–Kier alpha value is -4.37. The second-order valence-corrected chi connectivity index (χ2v) is 11.0. The molecule has 226 valence electrons. The number of benzene rings is 2. The maximum absolute atomic E-state index is 15.7. The first-order valence-electron chi connectivity index (χ1n) is 14.0. The Bertz CT molecular complexity index is 1530. The number of ether oxygens (including phenoxy) is 1. The van der Waals surface area contributed by atoms with Crippen molar-refractivity contribution in [2.75, 3.05) is 45.2 Å². The average Bonchev–Trinajstić information content (AvgIpc) is 3.40. The molecule has 2 amide bonds. The summed E-state index contributed by atoms with van der Waals surface area (Å²) in [5.74, 6) is -0.119. The highest BCUT2D eigenvalue weighted by molar-refractivity contribution is 5.76. The molecule has 0 saturated carbocycles. The fourth-order valence-electron chi connectivity index (χ4n) is 5.92. The third-order valence-corrected chi connectivity index (χ3v) is 8.24. The van der Waals surface area contributed by atoms with Gasteiger partial charge >= 0.3 is 12.2 Å². The van der Waals surface area contributed by atoms with E-state index in [1.54, 1.807) is 30.5 Å². The molecule has 12 heteroatoms. The van der Waals surface area contributed by atoms with Crippen LogP contribution in [0, 0.1) is 17.1 Å². The number of likely N-dealkylation sites (N-methyl/N-ethyl adjacent to an activating group) is 1. The Labute approximate surface area is 247 Å². The lowest BCUT2D eigenvalue weighted by molar-refractivity contribution is -0.137. The molecule has 0 aliphatic carbocycles. The summed E-state index contributed by atoms with van der Waals surface area (Å²) in [7, 11) is 3.47. The van der Waals surface area contributed by atoms with Crippen molar-refractivity contribution in [3.8, 4) is 23.1 Å². The van der Waals surface area contributed by atoms with Crippen LogP contribution in [0.25, 0.3) is 11.3 Å². The minimum atomic E-state index is -4.57.